The number of thiophene rings is 1. The number of hydrogen-bond acceptors (Lipinski definition) is 6. The third kappa shape index (κ3) is 5.37. The van der Waals surface area contributed by atoms with E-state index in [0.29, 0.717) is 12.1 Å². The number of para-hydroxylation sites is 1. The second-order valence-corrected chi connectivity index (χ2v) is 7.69. The summed E-state index contributed by atoms with van der Waals surface area (Å²) in [6.45, 7) is 0.413. The lowest BCUT2D eigenvalue weighted by atomic mass is 10.1. The van der Waals surface area contributed by atoms with Gasteiger partial charge in [0.25, 0.3) is 5.91 Å². The standard InChI is InChI=1S/C19H19NO4S2/c21-18(20-7-9-25-13-16-5-3-8-26-16)12-24-19(22)15-10-14-4-1-2-6-17(14)23-11-15/h1-6,8,10H,7,9,11-13H2,(H,20,21). The molecule has 0 aliphatic carbocycles. The fourth-order valence-electron chi connectivity index (χ4n) is 2.34. The van der Waals surface area contributed by atoms with Crippen molar-refractivity contribution in [2.24, 2.45) is 0 Å². The molecule has 2 aromatic rings. The lowest BCUT2D eigenvalue weighted by Gasteiger charge is -2.16. The van der Waals surface area contributed by atoms with E-state index in [4.69, 9.17) is 9.47 Å². The Labute approximate surface area is 160 Å². The number of benzene rings is 1. The fourth-order valence-corrected chi connectivity index (χ4v) is 4.04. The van der Waals surface area contributed by atoms with Crippen LogP contribution in [-0.4, -0.2) is 37.4 Å². The first-order valence-corrected chi connectivity index (χ1v) is 10.2. The van der Waals surface area contributed by atoms with Crippen molar-refractivity contribution in [2.75, 3.05) is 25.5 Å². The van der Waals surface area contributed by atoms with Gasteiger partial charge in [0.15, 0.2) is 6.61 Å². The van der Waals surface area contributed by atoms with Crippen LogP contribution in [0.4, 0.5) is 0 Å². The zero-order chi connectivity index (χ0) is 18.2. The van der Waals surface area contributed by atoms with Crippen LogP contribution in [0, 0.1) is 0 Å². The first-order chi connectivity index (χ1) is 12.7. The molecule has 26 heavy (non-hydrogen) atoms. The molecule has 1 aromatic heterocycles. The van der Waals surface area contributed by atoms with E-state index in [1.807, 2.05) is 30.3 Å². The SMILES string of the molecule is O=C(COC(=O)C1=Cc2ccccc2OC1)NCCSCc1cccs1. The fraction of sp³-hybridized carbons (Fsp3) is 0.263. The third-order valence-electron chi connectivity index (χ3n) is 3.62. The van der Waals surface area contributed by atoms with Crippen LogP contribution in [-0.2, 0) is 20.1 Å². The highest BCUT2D eigenvalue weighted by molar-refractivity contribution is 7.98. The maximum Gasteiger partial charge on any atom is 0.338 e. The summed E-state index contributed by atoms with van der Waals surface area (Å²) in [5, 5.41) is 4.81. The molecule has 3 rings (SSSR count). The average Bonchev–Trinajstić information content (AvgIpc) is 3.19. The van der Waals surface area contributed by atoms with Crippen LogP contribution < -0.4 is 10.1 Å². The highest BCUT2D eigenvalue weighted by Crippen LogP contribution is 2.26. The van der Waals surface area contributed by atoms with Crippen LogP contribution in [0.25, 0.3) is 6.08 Å². The van der Waals surface area contributed by atoms with Crippen molar-refractivity contribution in [1.82, 2.24) is 5.32 Å². The summed E-state index contributed by atoms with van der Waals surface area (Å²) in [4.78, 5) is 25.2. The smallest absolute Gasteiger partial charge is 0.338 e. The number of carbonyl (C=O) groups excluding carboxylic acids is 2. The lowest BCUT2D eigenvalue weighted by molar-refractivity contribution is -0.145. The van der Waals surface area contributed by atoms with Gasteiger partial charge in [-0.2, -0.15) is 11.8 Å². The molecular weight excluding hydrogens is 370 g/mol. The van der Waals surface area contributed by atoms with Crippen LogP contribution in [0.3, 0.4) is 0 Å². The van der Waals surface area contributed by atoms with Gasteiger partial charge in [-0.3, -0.25) is 4.79 Å². The van der Waals surface area contributed by atoms with Crippen molar-refractivity contribution in [3.8, 4) is 5.75 Å². The monoisotopic (exact) mass is 389 g/mol. The Hall–Kier alpha value is -2.25. The predicted molar refractivity (Wildman–Crippen MR) is 104 cm³/mol. The van der Waals surface area contributed by atoms with Crippen molar-refractivity contribution >= 4 is 41.1 Å². The molecule has 0 bridgehead atoms. The Morgan fingerprint density at radius 2 is 2.12 bits per heavy atom. The number of hydrogen-bond donors (Lipinski definition) is 1. The highest BCUT2D eigenvalue weighted by Gasteiger charge is 2.18. The molecule has 0 fully saturated rings. The van der Waals surface area contributed by atoms with Crippen molar-refractivity contribution in [1.29, 1.82) is 0 Å². The van der Waals surface area contributed by atoms with Crippen LogP contribution in [0.5, 0.6) is 5.75 Å². The first-order valence-electron chi connectivity index (χ1n) is 8.19. The molecule has 136 valence electrons. The average molecular weight is 389 g/mol. The van der Waals surface area contributed by atoms with Crippen LogP contribution >= 0.6 is 23.1 Å². The molecule has 1 aromatic carbocycles. The van der Waals surface area contributed by atoms with Crippen molar-refractivity contribution in [3.05, 3.63) is 57.8 Å². The van der Waals surface area contributed by atoms with Crippen molar-refractivity contribution in [2.45, 2.75) is 5.75 Å². The molecule has 0 saturated heterocycles. The van der Waals surface area contributed by atoms with E-state index in [-0.39, 0.29) is 19.1 Å². The molecule has 7 heteroatoms. The molecular formula is C19H19NO4S2. The maximum atomic E-state index is 12.1. The number of thioether (sulfide) groups is 1. The number of ether oxygens (including phenoxy) is 2. The summed E-state index contributed by atoms with van der Waals surface area (Å²) >= 11 is 3.48. The number of amides is 1. The quantitative estimate of drug-likeness (QED) is 0.555. The summed E-state index contributed by atoms with van der Waals surface area (Å²) in [6.07, 6.45) is 1.74. The normalized spacial score (nSPS) is 12.5. The van der Waals surface area contributed by atoms with Gasteiger partial charge in [0.1, 0.15) is 12.4 Å². The minimum absolute atomic E-state index is 0.150. The Balaban J connectivity index is 1.34. The van der Waals surface area contributed by atoms with Crippen molar-refractivity contribution < 1.29 is 19.1 Å². The largest absolute Gasteiger partial charge is 0.488 e. The number of carbonyl (C=O) groups is 2. The Kier molecular flexibility index (Phi) is 6.74. The first kappa shape index (κ1) is 18.5. The summed E-state index contributed by atoms with van der Waals surface area (Å²) < 4.78 is 10.6. The van der Waals surface area contributed by atoms with Gasteiger partial charge in [-0.05, 0) is 23.6 Å². The number of fused-ring (bicyclic) bond motifs is 1. The van der Waals surface area contributed by atoms with Crippen molar-refractivity contribution in [3.63, 3.8) is 0 Å². The van der Waals surface area contributed by atoms with Gasteiger partial charge in [-0.15, -0.1) is 11.3 Å². The van der Waals surface area contributed by atoms with E-state index < -0.39 is 5.97 Å². The topological polar surface area (TPSA) is 64.6 Å². The number of esters is 1. The number of rotatable bonds is 8. The van der Waals surface area contributed by atoms with Gasteiger partial charge < -0.3 is 14.8 Å². The van der Waals surface area contributed by atoms with E-state index in [2.05, 4.69) is 16.8 Å². The molecule has 0 saturated carbocycles. The van der Waals surface area contributed by atoms with Gasteiger partial charge >= 0.3 is 5.97 Å². The summed E-state index contributed by atoms with van der Waals surface area (Å²) in [5.74, 6) is 1.67. The van der Waals surface area contributed by atoms with Gasteiger partial charge in [0.05, 0.1) is 5.57 Å². The van der Waals surface area contributed by atoms with E-state index >= 15 is 0 Å². The second-order valence-electron chi connectivity index (χ2n) is 5.55. The van der Waals surface area contributed by atoms with Crippen LogP contribution in [0.2, 0.25) is 0 Å². The molecule has 1 amide bonds. The molecule has 2 heterocycles. The summed E-state index contributed by atoms with van der Waals surface area (Å²) in [6, 6.07) is 11.6. The zero-order valence-electron chi connectivity index (χ0n) is 14.1. The highest BCUT2D eigenvalue weighted by atomic mass is 32.2. The van der Waals surface area contributed by atoms with E-state index in [1.165, 1.54) is 4.88 Å². The Morgan fingerprint density at radius 1 is 1.23 bits per heavy atom. The summed E-state index contributed by atoms with van der Waals surface area (Å²) in [7, 11) is 0. The summed E-state index contributed by atoms with van der Waals surface area (Å²) in [5.41, 5.74) is 1.24. The third-order valence-corrected chi connectivity index (χ3v) is 5.69. The Morgan fingerprint density at radius 3 is 2.96 bits per heavy atom. The second kappa shape index (κ2) is 9.45. The molecule has 1 aliphatic rings. The molecule has 1 aliphatic heterocycles. The minimum atomic E-state index is -0.526. The molecule has 1 N–H and O–H groups in total. The van der Waals surface area contributed by atoms with Gasteiger partial charge in [-0.25, -0.2) is 4.79 Å². The predicted octanol–water partition coefficient (Wildman–Crippen LogP) is 3.12. The van der Waals surface area contributed by atoms with Gasteiger partial charge in [-0.1, -0.05) is 24.3 Å². The maximum absolute atomic E-state index is 12.1. The molecule has 0 radical (unpaired) electrons. The molecule has 0 atom stereocenters. The van der Waals surface area contributed by atoms with E-state index in [1.54, 1.807) is 29.2 Å². The number of nitrogens with one attached hydrogen (secondary N) is 1. The zero-order valence-corrected chi connectivity index (χ0v) is 15.7. The van der Waals surface area contributed by atoms with E-state index in [0.717, 1.165) is 22.8 Å². The lowest BCUT2D eigenvalue weighted by Crippen LogP contribution is -2.31. The van der Waals surface area contributed by atoms with Gasteiger partial charge in [0.2, 0.25) is 0 Å². The minimum Gasteiger partial charge on any atom is -0.488 e. The van der Waals surface area contributed by atoms with Crippen LogP contribution in [0.15, 0.2) is 47.4 Å². The molecule has 0 spiro atoms. The van der Waals surface area contributed by atoms with Gasteiger partial charge in [0, 0.05) is 28.5 Å². The Bertz CT molecular complexity index is 787. The van der Waals surface area contributed by atoms with Crippen LogP contribution in [0.1, 0.15) is 10.4 Å². The van der Waals surface area contributed by atoms with E-state index in [9.17, 15) is 9.59 Å². The molecule has 0 unspecified atom stereocenters. The molecule has 5 nitrogen and oxygen atoms in total.